The summed E-state index contributed by atoms with van der Waals surface area (Å²) < 4.78 is 38.0. The minimum absolute atomic E-state index is 0.0339. The van der Waals surface area contributed by atoms with Gasteiger partial charge in [0.25, 0.3) is 0 Å². The van der Waals surface area contributed by atoms with Crippen LogP contribution in [0.15, 0.2) is 42.5 Å². The van der Waals surface area contributed by atoms with Crippen LogP contribution >= 0.6 is 0 Å². The van der Waals surface area contributed by atoms with Gasteiger partial charge in [-0.15, -0.1) is 0 Å². The zero-order valence-electron chi connectivity index (χ0n) is 11.8. The smallest absolute Gasteiger partial charge is 0.294 e. The molecule has 110 valence electrons. The van der Waals surface area contributed by atoms with Crippen molar-refractivity contribution in [1.29, 1.82) is 0 Å². The average molecular weight is 292 g/mol. The summed E-state index contributed by atoms with van der Waals surface area (Å²) in [6, 6.07) is 10.3. The Bertz CT molecular complexity index is 672. The van der Waals surface area contributed by atoms with Crippen LogP contribution in [0.5, 0.6) is 0 Å². The van der Waals surface area contributed by atoms with E-state index in [4.69, 9.17) is 0 Å². The SMILES string of the molecule is Cc1ccc(C(=O)Cc2cccc(C(F)(F)F)c2)c(C)c1. The van der Waals surface area contributed by atoms with E-state index in [2.05, 4.69) is 0 Å². The summed E-state index contributed by atoms with van der Waals surface area (Å²) in [5.74, 6) is -0.174. The van der Waals surface area contributed by atoms with Crippen molar-refractivity contribution in [3.05, 3.63) is 70.3 Å². The molecule has 0 radical (unpaired) electrons. The predicted octanol–water partition coefficient (Wildman–Crippen LogP) is 4.75. The molecule has 0 aliphatic heterocycles. The molecule has 0 amide bonds. The third kappa shape index (κ3) is 3.72. The number of hydrogen-bond acceptors (Lipinski definition) is 1. The molecule has 0 aliphatic carbocycles. The van der Waals surface area contributed by atoms with E-state index >= 15 is 0 Å². The Morgan fingerprint density at radius 3 is 2.38 bits per heavy atom. The van der Waals surface area contributed by atoms with E-state index < -0.39 is 11.7 Å². The number of Topliss-reactive ketones (excluding diaryl/α,β-unsaturated/α-hetero) is 1. The van der Waals surface area contributed by atoms with Gasteiger partial charge in [-0.25, -0.2) is 0 Å². The van der Waals surface area contributed by atoms with Gasteiger partial charge in [0, 0.05) is 12.0 Å². The molecule has 2 rings (SSSR count). The van der Waals surface area contributed by atoms with E-state index in [0.717, 1.165) is 23.3 Å². The molecule has 0 atom stereocenters. The molecule has 21 heavy (non-hydrogen) atoms. The van der Waals surface area contributed by atoms with E-state index in [0.29, 0.717) is 11.1 Å². The van der Waals surface area contributed by atoms with Crippen molar-refractivity contribution < 1.29 is 18.0 Å². The Kier molecular flexibility index (Phi) is 4.16. The van der Waals surface area contributed by atoms with Gasteiger partial charge in [-0.05, 0) is 31.0 Å². The Morgan fingerprint density at radius 1 is 1.05 bits per heavy atom. The lowest BCUT2D eigenvalue weighted by Gasteiger charge is -2.09. The number of alkyl halides is 3. The Morgan fingerprint density at radius 2 is 1.76 bits per heavy atom. The molecule has 0 heterocycles. The Labute approximate surface area is 121 Å². The first-order valence-corrected chi connectivity index (χ1v) is 6.54. The Hall–Kier alpha value is -2.10. The van der Waals surface area contributed by atoms with Crippen molar-refractivity contribution in [2.24, 2.45) is 0 Å². The summed E-state index contributed by atoms with van der Waals surface area (Å²) >= 11 is 0. The first kappa shape index (κ1) is 15.3. The number of halogens is 3. The summed E-state index contributed by atoms with van der Waals surface area (Å²) in [7, 11) is 0. The van der Waals surface area contributed by atoms with Gasteiger partial charge in [0.15, 0.2) is 5.78 Å². The molecular formula is C17H15F3O. The highest BCUT2D eigenvalue weighted by atomic mass is 19.4. The number of carbonyl (C=O) groups excluding carboxylic acids is 1. The lowest BCUT2D eigenvalue weighted by atomic mass is 9.97. The Balaban J connectivity index is 2.24. The quantitative estimate of drug-likeness (QED) is 0.746. The zero-order valence-corrected chi connectivity index (χ0v) is 11.8. The summed E-state index contributed by atoms with van der Waals surface area (Å²) in [5.41, 5.74) is 2.08. The van der Waals surface area contributed by atoms with Gasteiger partial charge in [0.05, 0.1) is 5.56 Å². The fourth-order valence-corrected chi connectivity index (χ4v) is 2.26. The molecule has 0 N–H and O–H groups in total. The van der Waals surface area contributed by atoms with Crippen molar-refractivity contribution in [3.63, 3.8) is 0 Å². The van der Waals surface area contributed by atoms with Crippen molar-refractivity contribution in [3.8, 4) is 0 Å². The molecule has 0 saturated carbocycles. The van der Waals surface area contributed by atoms with Gasteiger partial charge >= 0.3 is 6.18 Å². The molecule has 2 aromatic carbocycles. The van der Waals surface area contributed by atoms with Gasteiger partial charge in [0.1, 0.15) is 0 Å². The lowest BCUT2D eigenvalue weighted by Crippen LogP contribution is -2.09. The minimum Gasteiger partial charge on any atom is -0.294 e. The summed E-state index contributed by atoms with van der Waals surface area (Å²) in [5, 5.41) is 0. The molecular weight excluding hydrogens is 277 g/mol. The zero-order chi connectivity index (χ0) is 15.6. The minimum atomic E-state index is -4.39. The normalized spacial score (nSPS) is 11.5. The van der Waals surface area contributed by atoms with Gasteiger partial charge in [-0.2, -0.15) is 13.2 Å². The second-order valence-corrected chi connectivity index (χ2v) is 5.12. The van der Waals surface area contributed by atoms with Crippen LogP contribution in [0, 0.1) is 13.8 Å². The monoisotopic (exact) mass is 292 g/mol. The number of benzene rings is 2. The molecule has 0 spiro atoms. The van der Waals surface area contributed by atoms with Crippen LogP contribution in [-0.2, 0) is 12.6 Å². The molecule has 0 aromatic heterocycles. The molecule has 0 unspecified atom stereocenters. The summed E-state index contributed by atoms with van der Waals surface area (Å²) in [6.45, 7) is 3.75. The van der Waals surface area contributed by atoms with E-state index in [1.165, 1.54) is 12.1 Å². The number of hydrogen-bond donors (Lipinski definition) is 0. The van der Waals surface area contributed by atoms with Crippen LogP contribution < -0.4 is 0 Å². The van der Waals surface area contributed by atoms with Crippen LogP contribution in [0.3, 0.4) is 0 Å². The fourth-order valence-electron chi connectivity index (χ4n) is 2.26. The highest BCUT2D eigenvalue weighted by molar-refractivity contribution is 5.98. The maximum atomic E-state index is 12.7. The van der Waals surface area contributed by atoms with Crippen LogP contribution in [0.2, 0.25) is 0 Å². The van der Waals surface area contributed by atoms with Gasteiger partial charge in [0.2, 0.25) is 0 Å². The number of ketones is 1. The molecule has 0 aliphatic rings. The third-order valence-corrected chi connectivity index (χ3v) is 3.30. The topological polar surface area (TPSA) is 17.1 Å². The molecule has 1 nitrogen and oxygen atoms in total. The van der Waals surface area contributed by atoms with Crippen molar-refractivity contribution in [2.45, 2.75) is 26.4 Å². The highest BCUT2D eigenvalue weighted by Gasteiger charge is 2.30. The number of aryl methyl sites for hydroxylation is 2. The molecule has 4 heteroatoms. The first-order valence-electron chi connectivity index (χ1n) is 6.54. The van der Waals surface area contributed by atoms with E-state index in [9.17, 15) is 18.0 Å². The van der Waals surface area contributed by atoms with Gasteiger partial charge in [-0.1, -0.05) is 42.0 Å². The molecule has 0 fully saturated rings. The summed E-state index contributed by atoms with van der Waals surface area (Å²) in [4.78, 5) is 12.2. The average Bonchev–Trinajstić information content (AvgIpc) is 2.37. The predicted molar refractivity (Wildman–Crippen MR) is 75.4 cm³/mol. The highest BCUT2D eigenvalue weighted by Crippen LogP contribution is 2.29. The third-order valence-electron chi connectivity index (χ3n) is 3.30. The van der Waals surface area contributed by atoms with Crippen LogP contribution in [-0.4, -0.2) is 5.78 Å². The van der Waals surface area contributed by atoms with Crippen molar-refractivity contribution in [2.75, 3.05) is 0 Å². The standard InChI is InChI=1S/C17H15F3O/c1-11-6-7-15(12(2)8-11)16(21)10-13-4-3-5-14(9-13)17(18,19)20/h3-9H,10H2,1-2H3. The van der Waals surface area contributed by atoms with E-state index in [-0.39, 0.29) is 12.2 Å². The van der Waals surface area contributed by atoms with E-state index in [1.54, 1.807) is 6.07 Å². The van der Waals surface area contributed by atoms with Crippen molar-refractivity contribution >= 4 is 5.78 Å². The second kappa shape index (κ2) is 5.72. The van der Waals surface area contributed by atoms with Crippen LogP contribution in [0.25, 0.3) is 0 Å². The first-order chi connectivity index (χ1) is 9.77. The molecule has 2 aromatic rings. The van der Waals surface area contributed by atoms with Crippen LogP contribution in [0.1, 0.15) is 32.6 Å². The largest absolute Gasteiger partial charge is 0.416 e. The molecule has 0 bridgehead atoms. The van der Waals surface area contributed by atoms with Gasteiger partial charge < -0.3 is 0 Å². The van der Waals surface area contributed by atoms with Gasteiger partial charge in [-0.3, -0.25) is 4.79 Å². The lowest BCUT2D eigenvalue weighted by molar-refractivity contribution is -0.137. The summed E-state index contributed by atoms with van der Waals surface area (Å²) in [6.07, 6.45) is -4.42. The van der Waals surface area contributed by atoms with Crippen molar-refractivity contribution in [1.82, 2.24) is 0 Å². The number of rotatable bonds is 3. The molecule has 0 saturated heterocycles. The maximum Gasteiger partial charge on any atom is 0.416 e. The fraction of sp³-hybridized carbons (Fsp3) is 0.235. The maximum absolute atomic E-state index is 12.7. The van der Waals surface area contributed by atoms with E-state index in [1.807, 2.05) is 26.0 Å². The second-order valence-electron chi connectivity index (χ2n) is 5.12. The van der Waals surface area contributed by atoms with Crippen LogP contribution in [0.4, 0.5) is 13.2 Å². The number of carbonyl (C=O) groups is 1.